The number of hydrazine groups is 1. The highest BCUT2D eigenvalue weighted by atomic mass is 16.6. The van der Waals surface area contributed by atoms with Crippen molar-refractivity contribution in [3.8, 4) is 5.75 Å². The highest BCUT2D eigenvalue weighted by Gasteiger charge is 2.24. The molecule has 0 spiro atoms. The van der Waals surface area contributed by atoms with Crippen molar-refractivity contribution in [2.75, 3.05) is 0 Å². The van der Waals surface area contributed by atoms with Gasteiger partial charge in [-0.15, -0.1) is 0 Å². The molecule has 8 heteroatoms. The van der Waals surface area contributed by atoms with E-state index in [4.69, 9.17) is 10.6 Å². The second-order valence-electron chi connectivity index (χ2n) is 3.55. The Morgan fingerprint density at radius 3 is 2.83 bits per heavy atom. The molecule has 0 aliphatic heterocycles. The molecule has 0 bridgehead atoms. The van der Waals surface area contributed by atoms with Gasteiger partial charge in [0.1, 0.15) is 5.69 Å². The van der Waals surface area contributed by atoms with Crippen LogP contribution >= 0.6 is 0 Å². The Hall–Kier alpha value is -2.22. The number of pyridine rings is 1. The molecule has 1 rings (SSSR count). The van der Waals surface area contributed by atoms with Crippen LogP contribution in [-0.4, -0.2) is 21.9 Å². The maximum atomic E-state index is 11.3. The minimum absolute atomic E-state index is 0.0546. The number of nitro groups is 1. The molecule has 1 heterocycles. The molecule has 8 nitrogen and oxygen atoms in total. The first kappa shape index (κ1) is 13.8. The van der Waals surface area contributed by atoms with E-state index in [2.05, 4.69) is 4.98 Å². The monoisotopic (exact) mass is 254 g/mol. The largest absolute Gasteiger partial charge is 0.472 e. The van der Waals surface area contributed by atoms with Crippen LogP contribution in [0.2, 0.25) is 0 Å². The number of nitrogens with one attached hydrogen (secondary N) is 1. The predicted molar refractivity (Wildman–Crippen MR) is 62.7 cm³/mol. The number of carbonyl (C=O) groups excluding carboxylic acids is 1. The Morgan fingerprint density at radius 2 is 2.33 bits per heavy atom. The lowest BCUT2D eigenvalue weighted by Crippen LogP contribution is -2.41. The Labute approximate surface area is 103 Å². The molecule has 0 radical (unpaired) electrons. The minimum atomic E-state index is -0.891. The molecule has 0 fully saturated rings. The highest BCUT2D eigenvalue weighted by Crippen LogP contribution is 2.25. The van der Waals surface area contributed by atoms with Gasteiger partial charge in [-0.25, -0.2) is 5.84 Å². The summed E-state index contributed by atoms with van der Waals surface area (Å²) in [5, 5.41) is 10.8. The second-order valence-corrected chi connectivity index (χ2v) is 3.55. The van der Waals surface area contributed by atoms with E-state index in [-0.39, 0.29) is 5.75 Å². The van der Waals surface area contributed by atoms with Crippen molar-refractivity contribution in [3.63, 3.8) is 0 Å². The van der Waals surface area contributed by atoms with E-state index in [0.717, 1.165) is 0 Å². The van der Waals surface area contributed by atoms with Gasteiger partial charge in [-0.3, -0.25) is 10.2 Å². The van der Waals surface area contributed by atoms with Gasteiger partial charge in [-0.2, -0.15) is 0 Å². The van der Waals surface area contributed by atoms with Crippen LogP contribution in [0.4, 0.5) is 5.82 Å². The third kappa shape index (κ3) is 3.14. The fourth-order valence-corrected chi connectivity index (χ4v) is 1.32. The van der Waals surface area contributed by atoms with E-state index in [9.17, 15) is 14.9 Å². The quantitative estimate of drug-likeness (QED) is 0.340. The SMILES string of the molecule is CCC(Oc1ccc(C)nc1[N+](=O)[O-])C(=O)NN. The lowest BCUT2D eigenvalue weighted by atomic mass is 10.2. The van der Waals surface area contributed by atoms with Crippen molar-refractivity contribution in [3.05, 3.63) is 27.9 Å². The molecule has 98 valence electrons. The van der Waals surface area contributed by atoms with Crippen LogP contribution in [0, 0.1) is 17.0 Å². The lowest BCUT2D eigenvalue weighted by molar-refractivity contribution is -0.390. The summed E-state index contributed by atoms with van der Waals surface area (Å²) >= 11 is 0. The van der Waals surface area contributed by atoms with E-state index in [1.54, 1.807) is 19.9 Å². The second kappa shape index (κ2) is 5.92. The van der Waals surface area contributed by atoms with Crippen molar-refractivity contribution in [1.29, 1.82) is 0 Å². The van der Waals surface area contributed by atoms with Crippen LogP contribution < -0.4 is 16.0 Å². The number of nitrogens with zero attached hydrogens (tertiary/aromatic N) is 2. The van der Waals surface area contributed by atoms with Crippen LogP contribution in [0.5, 0.6) is 5.75 Å². The Balaban J connectivity index is 3.02. The van der Waals surface area contributed by atoms with Gasteiger partial charge in [-0.05, 0) is 28.5 Å². The molecule has 1 unspecified atom stereocenters. The number of aryl methyl sites for hydroxylation is 1. The van der Waals surface area contributed by atoms with Crippen molar-refractivity contribution in [1.82, 2.24) is 10.4 Å². The van der Waals surface area contributed by atoms with Gasteiger partial charge in [0, 0.05) is 6.92 Å². The van der Waals surface area contributed by atoms with E-state index in [0.29, 0.717) is 12.1 Å². The molecule has 1 amide bonds. The molecule has 18 heavy (non-hydrogen) atoms. The number of aromatic nitrogens is 1. The number of amides is 1. The topological polar surface area (TPSA) is 120 Å². The normalized spacial score (nSPS) is 11.7. The van der Waals surface area contributed by atoms with E-state index in [1.165, 1.54) is 6.07 Å². The summed E-state index contributed by atoms with van der Waals surface area (Å²) in [5.74, 6) is 3.97. The van der Waals surface area contributed by atoms with Gasteiger partial charge < -0.3 is 14.9 Å². The van der Waals surface area contributed by atoms with E-state index in [1.807, 2.05) is 5.43 Å². The molecule has 0 aliphatic rings. The first-order chi connectivity index (χ1) is 8.49. The summed E-state index contributed by atoms with van der Waals surface area (Å²) in [4.78, 5) is 25.3. The summed E-state index contributed by atoms with van der Waals surface area (Å²) in [5.41, 5.74) is 2.43. The Kier molecular flexibility index (Phi) is 4.55. The zero-order valence-electron chi connectivity index (χ0n) is 10.0. The van der Waals surface area contributed by atoms with Crippen LogP contribution in [0.1, 0.15) is 19.0 Å². The number of nitrogens with two attached hydrogens (primary N) is 1. The van der Waals surface area contributed by atoms with Gasteiger partial charge in [0.05, 0.1) is 0 Å². The molecular formula is C10H14N4O4. The van der Waals surface area contributed by atoms with E-state index >= 15 is 0 Å². The van der Waals surface area contributed by atoms with Gasteiger partial charge in [0.15, 0.2) is 6.10 Å². The fourth-order valence-electron chi connectivity index (χ4n) is 1.32. The van der Waals surface area contributed by atoms with E-state index < -0.39 is 22.8 Å². The molecule has 0 aromatic carbocycles. The number of rotatable bonds is 5. The molecule has 0 saturated heterocycles. The standard InChI is InChI=1S/C10H14N4O4/c1-3-7(10(15)13-11)18-8-5-4-6(2)12-9(8)14(16)17/h4-5,7H,3,11H2,1-2H3,(H,13,15). The van der Waals surface area contributed by atoms with Crippen LogP contribution in [-0.2, 0) is 4.79 Å². The number of ether oxygens (including phenoxy) is 1. The molecule has 1 aromatic rings. The Morgan fingerprint density at radius 1 is 1.67 bits per heavy atom. The average Bonchev–Trinajstić information content (AvgIpc) is 2.36. The molecular weight excluding hydrogens is 240 g/mol. The summed E-state index contributed by atoms with van der Waals surface area (Å²) in [7, 11) is 0. The van der Waals surface area contributed by atoms with Crippen LogP contribution in [0.15, 0.2) is 12.1 Å². The predicted octanol–water partition coefficient (Wildman–Crippen LogP) is 0.446. The maximum Gasteiger partial charge on any atom is 0.406 e. The lowest BCUT2D eigenvalue weighted by Gasteiger charge is -2.15. The summed E-state index contributed by atoms with van der Waals surface area (Å²) < 4.78 is 5.27. The Bertz CT molecular complexity index is 463. The molecule has 1 atom stereocenters. The third-order valence-corrected chi connectivity index (χ3v) is 2.23. The van der Waals surface area contributed by atoms with Gasteiger partial charge in [0.2, 0.25) is 5.75 Å². The van der Waals surface area contributed by atoms with Crippen molar-refractivity contribution in [2.45, 2.75) is 26.4 Å². The molecule has 0 saturated carbocycles. The summed E-state index contributed by atoms with van der Waals surface area (Å²) in [6.07, 6.45) is -0.563. The zero-order chi connectivity index (χ0) is 13.7. The minimum Gasteiger partial charge on any atom is -0.472 e. The zero-order valence-corrected chi connectivity index (χ0v) is 10.0. The number of carbonyl (C=O) groups is 1. The van der Waals surface area contributed by atoms with Crippen molar-refractivity contribution >= 4 is 11.7 Å². The first-order valence-electron chi connectivity index (χ1n) is 5.28. The van der Waals surface area contributed by atoms with Crippen LogP contribution in [0.25, 0.3) is 0 Å². The van der Waals surface area contributed by atoms with Crippen molar-refractivity contribution in [2.24, 2.45) is 5.84 Å². The summed E-state index contributed by atoms with van der Waals surface area (Å²) in [6, 6.07) is 2.97. The molecule has 1 aromatic heterocycles. The maximum absolute atomic E-state index is 11.3. The first-order valence-corrected chi connectivity index (χ1v) is 5.28. The van der Waals surface area contributed by atoms with Crippen LogP contribution in [0.3, 0.4) is 0 Å². The number of hydrogen-bond donors (Lipinski definition) is 2. The number of hydrogen-bond acceptors (Lipinski definition) is 6. The smallest absolute Gasteiger partial charge is 0.406 e. The fraction of sp³-hybridized carbons (Fsp3) is 0.400. The molecule has 0 aliphatic carbocycles. The average molecular weight is 254 g/mol. The summed E-state index contributed by atoms with van der Waals surface area (Å²) in [6.45, 7) is 3.33. The highest BCUT2D eigenvalue weighted by molar-refractivity contribution is 5.80. The van der Waals surface area contributed by atoms with Crippen molar-refractivity contribution < 1.29 is 14.5 Å². The third-order valence-electron chi connectivity index (χ3n) is 2.23. The van der Waals surface area contributed by atoms with Gasteiger partial charge in [-0.1, -0.05) is 6.92 Å². The van der Waals surface area contributed by atoms with Gasteiger partial charge >= 0.3 is 5.82 Å². The molecule has 3 N–H and O–H groups in total. The van der Waals surface area contributed by atoms with Gasteiger partial charge in [0.25, 0.3) is 5.91 Å².